The van der Waals surface area contributed by atoms with E-state index >= 15 is 0 Å². The number of rotatable bonds is 3. The van der Waals surface area contributed by atoms with Crippen molar-refractivity contribution < 1.29 is 4.79 Å². The van der Waals surface area contributed by atoms with Crippen LogP contribution in [0.4, 0.5) is 0 Å². The fraction of sp³-hybridized carbons (Fsp3) is 0.571. The first-order valence-corrected chi connectivity index (χ1v) is 3.49. The molecule has 0 bridgehead atoms. The Morgan fingerprint density at radius 1 is 1.67 bits per heavy atom. The lowest BCUT2D eigenvalue weighted by atomic mass is 10.2. The van der Waals surface area contributed by atoms with Gasteiger partial charge in [0.2, 0.25) is 0 Å². The van der Waals surface area contributed by atoms with Gasteiger partial charge in [0, 0.05) is 6.42 Å². The van der Waals surface area contributed by atoms with Crippen LogP contribution >= 0.6 is 12.6 Å². The molecule has 0 saturated heterocycles. The lowest BCUT2D eigenvalue weighted by Crippen LogP contribution is -1.86. The normalized spacial score (nSPS) is 11.7. The predicted octanol–water partition coefficient (Wildman–Crippen LogP) is 2.19. The Bertz CT molecular complexity index is 127. The minimum atomic E-state index is -0.0581. The standard InChI is InChI=1S/C7H12OS/c1-3-4-6(2)5-7(8)9/h4H,3,5H2,1-2H3,(H,8,9). The van der Waals surface area contributed by atoms with Crippen molar-refractivity contribution in [2.24, 2.45) is 0 Å². The first kappa shape index (κ1) is 8.76. The van der Waals surface area contributed by atoms with Gasteiger partial charge in [-0.25, -0.2) is 0 Å². The van der Waals surface area contributed by atoms with Crippen LogP contribution in [0.15, 0.2) is 11.6 Å². The van der Waals surface area contributed by atoms with Crippen LogP contribution in [0.25, 0.3) is 0 Å². The van der Waals surface area contributed by atoms with Gasteiger partial charge in [-0.1, -0.05) is 18.6 Å². The molecular weight excluding hydrogens is 132 g/mol. The van der Waals surface area contributed by atoms with Crippen LogP contribution < -0.4 is 0 Å². The average molecular weight is 144 g/mol. The molecule has 0 atom stereocenters. The van der Waals surface area contributed by atoms with E-state index in [0.29, 0.717) is 6.42 Å². The SMILES string of the molecule is CCC=C(C)CC(=O)S. The Morgan fingerprint density at radius 3 is 2.56 bits per heavy atom. The maximum absolute atomic E-state index is 10.4. The monoisotopic (exact) mass is 144 g/mol. The highest BCUT2D eigenvalue weighted by atomic mass is 32.1. The van der Waals surface area contributed by atoms with Crippen LogP contribution in [0.1, 0.15) is 26.7 Å². The Balaban J connectivity index is 3.62. The van der Waals surface area contributed by atoms with Crippen molar-refractivity contribution in [2.75, 3.05) is 0 Å². The van der Waals surface area contributed by atoms with Crippen molar-refractivity contribution in [1.82, 2.24) is 0 Å². The summed E-state index contributed by atoms with van der Waals surface area (Å²) in [5.74, 6) is 0. The number of carbonyl (C=O) groups excluding carboxylic acids is 1. The topological polar surface area (TPSA) is 17.1 Å². The third-order valence-electron chi connectivity index (χ3n) is 0.983. The smallest absolute Gasteiger partial charge is 0.189 e. The van der Waals surface area contributed by atoms with Gasteiger partial charge in [0.15, 0.2) is 5.12 Å². The van der Waals surface area contributed by atoms with E-state index in [2.05, 4.69) is 12.6 Å². The Kier molecular flexibility index (Phi) is 4.50. The van der Waals surface area contributed by atoms with Crippen molar-refractivity contribution >= 4 is 17.7 Å². The summed E-state index contributed by atoms with van der Waals surface area (Å²) in [5, 5.41) is -0.0581. The molecule has 0 aliphatic rings. The van der Waals surface area contributed by atoms with E-state index in [1.54, 1.807) is 0 Å². The molecule has 0 aromatic carbocycles. The molecule has 9 heavy (non-hydrogen) atoms. The zero-order valence-electron chi connectivity index (χ0n) is 5.85. The van der Waals surface area contributed by atoms with Crippen LogP contribution in [0.3, 0.4) is 0 Å². The molecule has 0 aromatic rings. The number of carbonyl (C=O) groups is 1. The molecule has 0 saturated carbocycles. The van der Waals surface area contributed by atoms with E-state index in [9.17, 15) is 4.79 Å². The van der Waals surface area contributed by atoms with E-state index < -0.39 is 0 Å². The highest BCUT2D eigenvalue weighted by molar-refractivity contribution is 7.96. The van der Waals surface area contributed by atoms with E-state index in [1.807, 2.05) is 19.9 Å². The third kappa shape index (κ3) is 5.63. The van der Waals surface area contributed by atoms with Gasteiger partial charge in [-0.2, -0.15) is 0 Å². The zero-order valence-corrected chi connectivity index (χ0v) is 6.74. The van der Waals surface area contributed by atoms with E-state index in [1.165, 1.54) is 0 Å². The van der Waals surface area contributed by atoms with Gasteiger partial charge < -0.3 is 0 Å². The average Bonchev–Trinajstić information content (AvgIpc) is 1.63. The van der Waals surface area contributed by atoms with Gasteiger partial charge in [-0.15, -0.1) is 12.6 Å². The Hall–Kier alpha value is -0.240. The highest BCUT2D eigenvalue weighted by Crippen LogP contribution is 2.02. The molecule has 1 nitrogen and oxygen atoms in total. The molecule has 52 valence electrons. The summed E-state index contributed by atoms with van der Waals surface area (Å²) in [5.41, 5.74) is 1.11. The van der Waals surface area contributed by atoms with Crippen LogP contribution in [0.2, 0.25) is 0 Å². The third-order valence-corrected chi connectivity index (χ3v) is 1.14. The fourth-order valence-corrected chi connectivity index (χ4v) is 0.909. The molecule has 0 N–H and O–H groups in total. The molecule has 0 aliphatic heterocycles. The molecule has 0 rings (SSSR count). The highest BCUT2D eigenvalue weighted by Gasteiger charge is 1.93. The van der Waals surface area contributed by atoms with E-state index in [0.717, 1.165) is 12.0 Å². The van der Waals surface area contributed by atoms with Crippen molar-refractivity contribution in [1.29, 1.82) is 0 Å². The second kappa shape index (κ2) is 4.62. The number of allylic oxidation sites excluding steroid dienone is 2. The molecular formula is C7H12OS. The van der Waals surface area contributed by atoms with Crippen molar-refractivity contribution in [3.8, 4) is 0 Å². The largest absolute Gasteiger partial charge is 0.287 e. The first-order valence-electron chi connectivity index (χ1n) is 3.04. The molecule has 0 unspecified atom stereocenters. The fourth-order valence-electron chi connectivity index (χ4n) is 0.659. The van der Waals surface area contributed by atoms with Gasteiger partial charge in [-0.05, 0) is 13.3 Å². The lowest BCUT2D eigenvalue weighted by molar-refractivity contribution is -0.110. The number of hydrogen-bond acceptors (Lipinski definition) is 1. The molecule has 2 heteroatoms. The van der Waals surface area contributed by atoms with E-state index in [-0.39, 0.29) is 5.12 Å². The van der Waals surface area contributed by atoms with E-state index in [4.69, 9.17) is 0 Å². The van der Waals surface area contributed by atoms with Crippen LogP contribution in [0, 0.1) is 0 Å². The Labute approximate surface area is 61.6 Å². The zero-order chi connectivity index (χ0) is 7.28. The molecule has 0 spiro atoms. The predicted molar refractivity (Wildman–Crippen MR) is 42.7 cm³/mol. The van der Waals surface area contributed by atoms with Gasteiger partial charge in [-0.3, -0.25) is 4.79 Å². The molecule has 0 heterocycles. The summed E-state index contributed by atoms with van der Waals surface area (Å²) >= 11 is 3.65. The van der Waals surface area contributed by atoms with Crippen LogP contribution in [-0.2, 0) is 4.79 Å². The van der Waals surface area contributed by atoms with Crippen molar-refractivity contribution in [3.63, 3.8) is 0 Å². The summed E-state index contributed by atoms with van der Waals surface area (Å²) in [6.07, 6.45) is 3.51. The molecule has 0 radical (unpaired) electrons. The number of thiol groups is 1. The van der Waals surface area contributed by atoms with Crippen molar-refractivity contribution in [2.45, 2.75) is 26.7 Å². The van der Waals surface area contributed by atoms with Crippen LogP contribution in [0.5, 0.6) is 0 Å². The van der Waals surface area contributed by atoms with Gasteiger partial charge in [0.1, 0.15) is 0 Å². The maximum atomic E-state index is 10.4. The second-order valence-corrected chi connectivity index (χ2v) is 2.53. The summed E-state index contributed by atoms with van der Waals surface area (Å²) in [7, 11) is 0. The van der Waals surface area contributed by atoms with Gasteiger partial charge >= 0.3 is 0 Å². The minimum absolute atomic E-state index is 0.0581. The summed E-state index contributed by atoms with van der Waals surface area (Å²) in [6, 6.07) is 0. The van der Waals surface area contributed by atoms with Crippen molar-refractivity contribution in [3.05, 3.63) is 11.6 Å². The molecule has 0 amide bonds. The Morgan fingerprint density at radius 2 is 2.22 bits per heavy atom. The van der Waals surface area contributed by atoms with Gasteiger partial charge in [0.05, 0.1) is 0 Å². The maximum Gasteiger partial charge on any atom is 0.189 e. The van der Waals surface area contributed by atoms with Gasteiger partial charge in [0.25, 0.3) is 0 Å². The molecule has 0 aliphatic carbocycles. The van der Waals surface area contributed by atoms with Crippen LogP contribution in [-0.4, -0.2) is 5.12 Å². The molecule has 0 aromatic heterocycles. The first-order chi connectivity index (χ1) is 4.16. The minimum Gasteiger partial charge on any atom is -0.287 e. The lowest BCUT2D eigenvalue weighted by Gasteiger charge is -1.92. The summed E-state index contributed by atoms with van der Waals surface area (Å²) < 4.78 is 0. The quantitative estimate of drug-likeness (QED) is 0.474. The summed E-state index contributed by atoms with van der Waals surface area (Å²) in [6.45, 7) is 3.99. The number of hydrogen-bond donors (Lipinski definition) is 1. The summed E-state index contributed by atoms with van der Waals surface area (Å²) in [4.78, 5) is 10.4. The molecule has 0 fully saturated rings. The second-order valence-electron chi connectivity index (χ2n) is 2.03.